The van der Waals surface area contributed by atoms with E-state index >= 15 is 0 Å². The Hall–Kier alpha value is -2.35. The molecule has 3 amide bonds. The van der Waals surface area contributed by atoms with Crippen LogP contribution in [-0.4, -0.2) is 27.7 Å². The predicted molar refractivity (Wildman–Crippen MR) is 109 cm³/mol. The lowest BCUT2D eigenvalue weighted by atomic mass is 10.3. The molecule has 0 aliphatic carbocycles. The van der Waals surface area contributed by atoms with Gasteiger partial charge in [-0.1, -0.05) is 47.1 Å². The van der Waals surface area contributed by atoms with Crippen molar-refractivity contribution in [3.63, 3.8) is 0 Å². The van der Waals surface area contributed by atoms with Gasteiger partial charge in [0.05, 0.1) is 33.2 Å². The molecule has 27 heavy (non-hydrogen) atoms. The SMILES string of the molecule is Cc1nc2ccccc2nc1SCC(=O)NC(=O)Nc1cc(Cl)ccc1Cl. The van der Waals surface area contributed by atoms with Crippen LogP contribution in [0.25, 0.3) is 11.0 Å². The zero-order valence-corrected chi connectivity index (χ0v) is 16.5. The van der Waals surface area contributed by atoms with Gasteiger partial charge in [-0.05, 0) is 37.3 Å². The molecule has 3 aromatic rings. The monoisotopic (exact) mass is 420 g/mol. The summed E-state index contributed by atoms with van der Waals surface area (Å²) in [5.41, 5.74) is 2.58. The number of carbonyl (C=O) groups excluding carboxylic acids is 2. The van der Waals surface area contributed by atoms with Crippen molar-refractivity contribution in [2.45, 2.75) is 11.9 Å². The van der Waals surface area contributed by atoms with Gasteiger partial charge in [0.2, 0.25) is 5.91 Å². The summed E-state index contributed by atoms with van der Waals surface area (Å²) in [4.78, 5) is 33.0. The van der Waals surface area contributed by atoms with E-state index in [2.05, 4.69) is 20.6 Å². The third-order valence-corrected chi connectivity index (χ3v) is 5.10. The van der Waals surface area contributed by atoms with Gasteiger partial charge in [0.1, 0.15) is 5.03 Å². The number of halogens is 2. The van der Waals surface area contributed by atoms with Crippen molar-refractivity contribution in [3.05, 3.63) is 58.2 Å². The Morgan fingerprint density at radius 1 is 1.07 bits per heavy atom. The first-order chi connectivity index (χ1) is 12.9. The van der Waals surface area contributed by atoms with Gasteiger partial charge in [-0.2, -0.15) is 0 Å². The molecule has 0 fully saturated rings. The van der Waals surface area contributed by atoms with Gasteiger partial charge in [0.15, 0.2) is 0 Å². The minimum atomic E-state index is -0.689. The molecule has 0 unspecified atom stereocenters. The fraction of sp³-hybridized carbons (Fsp3) is 0.111. The lowest BCUT2D eigenvalue weighted by Crippen LogP contribution is -2.35. The fourth-order valence-corrected chi connectivity index (χ4v) is 3.35. The van der Waals surface area contributed by atoms with Gasteiger partial charge < -0.3 is 5.32 Å². The van der Waals surface area contributed by atoms with Crippen molar-refractivity contribution >= 4 is 63.6 Å². The molecule has 0 spiro atoms. The highest BCUT2D eigenvalue weighted by Gasteiger charge is 2.13. The van der Waals surface area contributed by atoms with Crippen molar-refractivity contribution in [2.75, 3.05) is 11.1 Å². The highest BCUT2D eigenvalue weighted by Crippen LogP contribution is 2.25. The number of urea groups is 1. The normalized spacial score (nSPS) is 10.6. The van der Waals surface area contributed by atoms with Crippen LogP contribution in [-0.2, 0) is 4.79 Å². The van der Waals surface area contributed by atoms with Crippen LogP contribution in [0.5, 0.6) is 0 Å². The first kappa shape index (κ1) is 19.4. The zero-order valence-electron chi connectivity index (χ0n) is 14.1. The molecular formula is C18H14Cl2N4O2S. The third kappa shape index (κ3) is 5.09. The van der Waals surface area contributed by atoms with E-state index < -0.39 is 11.9 Å². The molecule has 0 aliphatic heterocycles. The quantitative estimate of drug-likeness (QED) is 0.598. The second-order valence-corrected chi connectivity index (χ2v) is 7.33. The van der Waals surface area contributed by atoms with E-state index in [0.717, 1.165) is 16.7 Å². The highest BCUT2D eigenvalue weighted by atomic mass is 35.5. The van der Waals surface area contributed by atoms with Crippen LogP contribution in [0.15, 0.2) is 47.5 Å². The van der Waals surface area contributed by atoms with Gasteiger partial charge in [0.25, 0.3) is 0 Å². The largest absolute Gasteiger partial charge is 0.325 e. The average Bonchev–Trinajstić information content (AvgIpc) is 2.63. The van der Waals surface area contributed by atoms with E-state index in [4.69, 9.17) is 23.2 Å². The summed E-state index contributed by atoms with van der Waals surface area (Å²) in [6.45, 7) is 1.83. The molecule has 2 aromatic carbocycles. The molecule has 1 heterocycles. The number of fused-ring (bicyclic) bond motifs is 1. The van der Waals surface area contributed by atoms with Crippen molar-refractivity contribution in [1.82, 2.24) is 15.3 Å². The molecule has 0 saturated carbocycles. The summed E-state index contributed by atoms with van der Waals surface area (Å²) < 4.78 is 0. The lowest BCUT2D eigenvalue weighted by Gasteiger charge is -2.09. The van der Waals surface area contributed by atoms with E-state index in [1.807, 2.05) is 31.2 Å². The molecule has 0 bridgehead atoms. The molecule has 0 aliphatic rings. The van der Waals surface area contributed by atoms with Gasteiger partial charge in [0, 0.05) is 5.02 Å². The lowest BCUT2D eigenvalue weighted by molar-refractivity contribution is -0.117. The predicted octanol–water partition coefficient (Wildman–Crippen LogP) is 4.69. The van der Waals surface area contributed by atoms with Crippen LogP contribution >= 0.6 is 35.0 Å². The summed E-state index contributed by atoms with van der Waals surface area (Å²) in [6, 6.07) is 11.5. The molecule has 0 radical (unpaired) electrons. The number of nitrogens with zero attached hydrogens (tertiary/aromatic N) is 2. The van der Waals surface area contributed by atoms with E-state index in [1.54, 1.807) is 12.1 Å². The number of thioether (sulfide) groups is 1. The van der Waals surface area contributed by atoms with Crippen LogP contribution < -0.4 is 10.6 Å². The Kier molecular flexibility index (Phi) is 6.15. The number of carbonyl (C=O) groups is 2. The Balaban J connectivity index is 1.59. The molecule has 6 nitrogen and oxygen atoms in total. The van der Waals surface area contributed by atoms with Crippen LogP contribution in [0.3, 0.4) is 0 Å². The van der Waals surface area contributed by atoms with E-state index in [0.29, 0.717) is 20.8 Å². The average molecular weight is 421 g/mol. The maximum Gasteiger partial charge on any atom is 0.325 e. The minimum Gasteiger partial charge on any atom is -0.306 e. The maximum absolute atomic E-state index is 12.0. The maximum atomic E-state index is 12.0. The summed E-state index contributed by atoms with van der Waals surface area (Å²) in [7, 11) is 0. The second kappa shape index (κ2) is 8.56. The van der Waals surface area contributed by atoms with Gasteiger partial charge in [-0.3, -0.25) is 10.1 Å². The van der Waals surface area contributed by atoms with Crippen molar-refractivity contribution in [1.29, 1.82) is 0 Å². The number of aryl methyl sites for hydroxylation is 1. The molecule has 0 atom stereocenters. The molecule has 1 aromatic heterocycles. The minimum absolute atomic E-state index is 0.0184. The summed E-state index contributed by atoms with van der Waals surface area (Å²) in [5.74, 6) is -0.449. The van der Waals surface area contributed by atoms with Gasteiger partial charge in [-0.15, -0.1) is 0 Å². The standard InChI is InChI=1S/C18H14Cl2N4O2S/c1-10-17(22-14-5-3-2-4-13(14)21-10)27-9-16(25)24-18(26)23-15-8-11(19)6-7-12(15)20/h2-8H,9H2,1H3,(H2,23,24,25,26). The van der Waals surface area contributed by atoms with Crippen LogP contribution in [0.4, 0.5) is 10.5 Å². The number of rotatable bonds is 4. The Bertz CT molecular complexity index is 1030. The van der Waals surface area contributed by atoms with Crippen molar-refractivity contribution in [3.8, 4) is 0 Å². The summed E-state index contributed by atoms with van der Waals surface area (Å²) >= 11 is 13.1. The number of imide groups is 1. The third-order valence-electron chi connectivity index (χ3n) is 3.47. The molecule has 2 N–H and O–H groups in total. The number of nitrogens with one attached hydrogen (secondary N) is 2. The van der Waals surface area contributed by atoms with E-state index in [1.165, 1.54) is 17.8 Å². The Morgan fingerprint density at radius 3 is 2.52 bits per heavy atom. The zero-order chi connectivity index (χ0) is 19.4. The number of benzene rings is 2. The number of hydrogen-bond acceptors (Lipinski definition) is 5. The highest BCUT2D eigenvalue weighted by molar-refractivity contribution is 7.99. The van der Waals surface area contributed by atoms with Crippen molar-refractivity contribution in [2.24, 2.45) is 0 Å². The summed E-state index contributed by atoms with van der Waals surface area (Å²) in [5, 5.41) is 6.11. The molecule has 9 heteroatoms. The Morgan fingerprint density at radius 2 is 1.78 bits per heavy atom. The second-order valence-electron chi connectivity index (χ2n) is 5.52. The molecule has 0 saturated heterocycles. The first-order valence-electron chi connectivity index (χ1n) is 7.84. The molecule has 138 valence electrons. The number of amides is 3. The first-order valence-corrected chi connectivity index (χ1v) is 9.58. The molecular weight excluding hydrogens is 407 g/mol. The number of aromatic nitrogens is 2. The van der Waals surface area contributed by atoms with E-state index in [9.17, 15) is 9.59 Å². The van der Waals surface area contributed by atoms with Crippen molar-refractivity contribution < 1.29 is 9.59 Å². The van der Waals surface area contributed by atoms with Crippen LogP contribution in [0.2, 0.25) is 10.0 Å². The number of hydrogen-bond donors (Lipinski definition) is 2. The number of para-hydroxylation sites is 2. The molecule has 3 rings (SSSR count). The van der Waals surface area contributed by atoms with Crippen LogP contribution in [0, 0.1) is 6.92 Å². The fourth-order valence-electron chi connectivity index (χ4n) is 2.25. The van der Waals surface area contributed by atoms with Gasteiger partial charge in [-0.25, -0.2) is 14.8 Å². The van der Waals surface area contributed by atoms with Gasteiger partial charge >= 0.3 is 6.03 Å². The number of anilines is 1. The summed E-state index contributed by atoms with van der Waals surface area (Å²) in [6.07, 6.45) is 0. The van der Waals surface area contributed by atoms with Crippen LogP contribution in [0.1, 0.15) is 5.69 Å². The van der Waals surface area contributed by atoms with E-state index in [-0.39, 0.29) is 5.75 Å². The Labute approximate surface area is 169 Å². The smallest absolute Gasteiger partial charge is 0.306 e. The topological polar surface area (TPSA) is 84.0 Å².